The number of rotatable bonds is 3. The van der Waals surface area contributed by atoms with Gasteiger partial charge in [0.25, 0.3) is 0 Å². The highest BCUT2D eigenvalue weighted by Gasteiger charge is 2.40. The van der Waals surface area contributed by atoms with Gasteiger partial charge in [0.1, 0.15) is 0 Å². The molecule has 2 atom stereocenters. The molecule has 1 aromatic heterocycles. The van der Waals surface area contributed by atoms with E-state index in [1.54, 1.807) is 0 Å². The third kappa shape index (κ3) is 3.85. The quantitative estimate of drug-likeness (QED) is 0.175. The molecule has 2 aliphatic rings. The average Bonchev–Trinajstić information content (AvgIpc) is 3.70. The number of aromatic nitrogens is 1. The summed E-state index contributed by atoms with van der Waals surface area (Å²) in [6.07, 6.45) is 9.19. The zero-order valence-corrected chi connectivity index (χ0v) is 27.4. The van der Waals surface area contributed by atoms with Gasteiger partial charge in [0, 0.05) is 33.5 Å². The summed E-state index contributed by atoms with van der Waals surface area (Å²) in [4.78, 5) is 2.62. The van der Waals surface area contributed by atoms with Crippen molar-refractivity contribution < 1.29 is 0 Å². The highest BCUT2D eigenvalue weighted by Crippen LogP contribution is 2.54. The Morgan fingerprint density at radius 1 is 0.460 bits per heavy atom. The standard InChI is InChI=1S/C48H32N2/c1-4-16-36-31(12-1)14-11-23-43(36)50-44-21-9-7-19-39(44)40-28-29-46-47(48(40)50)41-20-8-10-22-45(41)49(46)34-26-24-32(25-27-34)42-30-33-13-2-3-15-35(33)37-17-5-6-18-38(37)42/h1-30,39,44H. The highest BCUT2D eigenvalue weighted by atomic mass is 15.2. The van der Waals surface area contributed by atoms with E-state index in [1.807, 2.05) is 0 Å². The molecule has 1 aliphatic heterocycles. The molecule has 0 N–H and O–H groups in total. The Bertz CT molecular complexity index is 2880. The number of hydrogen-bond acceptors (Lipinski definition) is 1. The van der Waals surface area contributed by atoms with Gasteiger partial charge in [0.05, 0.1) is 22.8 Å². The molecular formula is C48H32N2. The normalized spacial score (nSPS) is 16.6. The van der Waals surface area contributed by atoms with Crippen molar-refractivity contribution in [1.82, 2.24) is 4.57 Å². The Balaban J connectivity index is 1.14. The highest BCUT2D eigenvalue weighted by molar-refractivity contribution is 6.18. The molecule has 11 rings (SSSR count). The Hall–Kier alpha value is -6.38. The third-order valence-electron chi connectivity index (χ3n) is 11.1. The SMILES string of the molecule is C1=CC2c3ccc4c(c3N(c3cccc5ccccc35)C2C=C1)c1ccccc1n4-c1ccc(-c2cc3ccccc3c3ccccc23)cc1. The minimum absolute atomic E-state index is 0.213. The summed E-state index contributed by atoms with van der Waals surface area (Å²) in [6.45, 7) is 0. The van der Waals surface area contributed by atoms with Gasteiger partial charge in [-0.15, -0.1) is 0 Å². The molecule has 50 heavy (non-hydrogen) atoms. The monoisotopic (exact) mass is 636 g/mol. The molecule has 0 fully saturated rings. The largest absolute Gasteiger partial charge is 0.332 e. The second-order valence-corrected chi connectivity index (χ2v) is 13.6. The predicted octanol–water partition coefficient (Wildman–Crippen LogP) is 12.6. The number of anilines is 2. The fourth-order valence-corrected chi connectivity index (χ4v) is 8.93. The van der Waals surface area contributed by atoms with Gasteiger partial charge in [-0.3, -0.25) is 0 Å². The Morgan fingerprint density at radius 3 is 2.00 bits per heavy atom. The van der Waals surface area contributed by atoms with Crippen LogP contribution >= 0.6 is 0 Å². The van der Waals surface area contributed by atoms with Crippen LogP contribution in [-0.2, 0) is 0 Å². The van der Waals surface area contributed by atoms with Crippen LogP contribution in [-0.4, -0.2) is 10.6 Å². The molecule has 0 spiro atoms. The van der Waals surface area contributed by atoms with E-state index in [1.165, 1.54) is 82.2 Å². The number of allylic oxidation sites excluding steroid dienone is 2. The summed E-state index contributed by atoms with van der Waals surface area (Å²) in [5, 5.41) is 10.3. The molecule has 8 aromatic carbocycles. The Morgan fingerprint density at radius 2 is 1.14 bits per heavy atom. The van der Waals surface area contributed by atoms with Gasteiger partial charge in [-0.25, -0.2) is 0 Å². The van der Waals surface area contributed by atoms with E-state index in [-0.39, 0.29) is 12.0 Å². The van der Waals surface area contributed by atoms with Crippen molar-refractivity contribution in [2.75, 3.05) is 4.90 Å². The van der Waals surface area contributed by atoms with Crippen LogP contribution in [0.4, 0.5) is 11.4 Å². The number of fused-ring (bicyclic) bond motifs is 11. The van der Waals surface area contributed by atoms with Crippen molar-refractivity contribution in [3.63, 3.8) is 0 Å². The molecule has 9 aromatic rings. The minimum atomic E-state index is 0.213. The van der Waals surface area contributed by atoms with Crippen molar-refractivity contribution in [3.8, 4) is 16.8 Å². The lowest BCUT2D eigenvalue weighted by molar-refractivity contribution is 0.746. The number of para-hydroxylation sites is 1. The summed E-state index contributed by atoms with van der Waals surface area (Å²) in [5.74, 6) is 0.288. The van der Waals surface area contributed by atoms with E-state index in [9.17, 15) is 0 Å². The maximum absolute atomic E-state index is 2.62. The van der Waals surface area contributed by atoms with Crippen molar-refractivity contribution in [3.05, 3.63) is 188 Å². The van der Waals surface area contributed by atoms with Crippen LogP contribution in [0.15, 0.2) is 182 Å². The Kier molecular flexibility index (Phi) is 5.82. The number of hydrogen-bond donors (Lipinski definition) is 0. The molecular weight excluding hydrogens is 605 g/mol. The summed E-state index contributed by atoms with van der Waals surface area (Å²) >= 11 is 0. The van der Waals surface area contributed by atoms with Crippen molar-refractivity contribution >= 4 is 65.5 Å². The van der Waals surface area contributed by atoms with E-state index >= 15 is 0 Å². The van der Waals surface area contributed by atoms with Gasteiger partial charge in [-0.1, -0.05) is 146 Å². The average molecular weight is 637 g/mol. The van der Waals surface area contributed by atoms with Crippen LogP contribution in [0.3, 0.4) is 0 Å². The molecule has 2 heterocycles. The summed E-state index contributed by atoms with van der Waals surface area (Å²) in [7, 11) is 0. The zero-order chi connectivity index (χ0) is 32.8. The molecule has 2 unspecified atom stereocenters. The van der Waals surface area contributed by atoms with Crippen molar-refractivity contribution in [1.29, 1.82) is 0 Å². The Labute approximate surface area is 290 Å². The van der Waals surface area contributed by atoms with Crippen LogP contribution in [0.2, 0.25) is 0 Å². The molecule has 0 radical (unpaired) electrons. The second-order valence-electron chi connectivity index (χ2n) is 13.6. The van der Waals surface area contributed by atoms with E-state index < -0.39 is 0 Å². The fraction of sp³-hybridized carbons (Fsp3) is 0.0417. The lowest BCUT2D eigenvalue weighted by Crippen LogP contribution is -2.28. The van der Waals surface area contributed by atoms with Gasteiger partial charge in [-0.05, 0) is 80.0 Å². The zero-order valence-electron chi connectivity index (χ0n) is 27.4. The number of benzene rings is 8. The molecule has 0 saturated heterocycles. The molecule has 234 valence electrons. The first kappa shape index (κ1) is 27.6. The fourth-order valence-electron chi connectivity index (χ4n) is 8.93. The molecule has 2 nitrogen and oxygen atoms in total. The minimum Gasteiger partial charge on any atom is -0.332 e. The first-order valence-corrected chi connectivity index (χ1v) is 17.5. The van der Waals surface area contributed by atoms with Crippen LogP contribution in [0.25, 0.3) is 70.9 Å². The van der Waals surface area contributed by atoms with Crippen molar-refractivity contribution in [2.45, 2.75) is 12.0 Å². The van der Waals surface area contributed by atoms with E-state index in [0.717, 1.165) is 5.69 Å². The molecule has 0 bridgehead atoms. The maximum atomic E-state index is 2.62. The van der Waals surface area contributed by atoms with Gasteiger partial charge in [0.15, 0.2) is 0 Å². The smallest absolute Gasteiger partial charge is 0.0630 e. The summed E-state index contributed by atoms with van der Waals surface area (Å²) < 4.78 is 2.46. The topological polar surface area (TPSA) is 8.17 Å². The van der Waals surface area contributed by atoms with Crippen LogP contribution in [0.1, 0.15) is 11.5 Å². The van der Waals surface area contributed by atoms with Crippen LogP contribution in [0.5, 0.6) is 0 Å². The second kappa shape index (κ2) is 10.6. The van der Waals surface area contributed by atoms with Gasteiger partial charge in [0.2, 0.25) is 0 Å². The van der Waals surface area contributed by atoms with Crippen LogP contribution in [0, 0.1) is 0 Å². The first-order valence-electron chi connectivity index (χ1n) is 17.5. The van der Waals surface area contributed by atoms with E-state index in [4.69, 9.17) is 0 Å². The summed E-state index contributed by atoms with van der Waals surface area (Å²) in [6, 6.07) is 58.4. The van der Waals surface area contributed by atoms with Gasteiger partial charge in [-0.2, -0.15) is 0 Å². The van der Waals surface area contributed by atoms with Crippen molar-refractivity contribution in [2.24, 2.45) is 0 Å². The van der Waals surface area contributed by atoms with Gasteiger partial charge < -0.3 is 9.47 Å². The molecule has 1 aliphatic carbocycles. The molecule has 2 heteroatoms. The van der Waals surface area contributed by atoms with E-state index in [0.29, 0.717) is 0 Å². The predicted molar refractivity (Wildman–Crippen MR) is 212 cm³/mol. The lowest BCUT2D eigenvalue weighted by Gasteiger charge is -2.30. The first-order chi connectivity index (χ1) is 24.8. The molecule has 0 saturated carbocycles. The lowest BCUT2D eigenvalue weighted by atomic mass is 9.91. The van der Waals surface area contributed by atoms with Crippen LogP contribution < -0.4 is 4.90 Å². The molecule has 0 amide bonds. The third-order valence-corrected chi connectivity index (χ3v) is 11.1. The van der Waals surface area contributed by atoms with E-state index in [2.05, 4.69) is 191 Å². The number of nitrogens with zero attached hydrogens (tertiary/aromatic N) is 2. The summed E-state index contributed by atoms with van der Waals surface area (Å²) in [5.41, 5.74) is 10.1. The van der Waals surface area contributed by atoms with Gasteiger partial charge >= 0.3 is 0 Å². The maximum Gasteiger partial charge on any atom is 0.0630 e.